The Morgan fingerprint density at radius 3 is 2.67 bits per heavy atom. The van der Waals surface area contributed by atoms with Crippen molar-refractivity contribution in [2.75, 3.05) is 39.4 Å². The van der Waals surface area contributed by atoms with Crippen LogP contribution in [0.25, 0.3) is 0 Å². The average Bonchev–Trinajstić information content (AvgIpc) is 3.14. The third-order valence-corrected chi connectivity index (χ3v) is 5.33. The second-order valence-electron chi connectivity index (χ2n) is 6.10. The first-order chi connectivity index (χ1) is 11.7. The molecule has 1 aliphatic heterocycles. The lowest BCUT2D eigenvalue weighted by atomic mass is 10.1. The predicted molar refractivity (Wildman–Crippen MR) is 97.8 cm³/mol. The van der Waals surface area contributed by atoms with Gasteiger partial charge in [0.1, 0.15) is 0 Å². The number of nitrogens with zero attached hydrogens (tertiary/aromatic N) is 1. The van der Waals surface area contributed by atoms with Gasteiger partial charge in [0.2, 0.25) is 0 Å². The third-order valence-electron chi connectivity index (χ3n) is 4.35. The molecule has 0 amide bonds. The smallest absolute Gasteiger partial charge is 0.176 e. The van der Waals surface area contributed by atoms with Crippen molar-refractivity contribution in [2.24, 2.45) is 0 Å². The Labute approximate surface area is 147 Å². The summed E-state index contributed by atoms with van der Waals surface area (Å²) in [4.78, 5) is 16.1. The van der Waals surface area contributed by atoms with Gasteiger partial charge in [-0.2, -0.15) is 0 Å². The molecule has 24 heavy (non-hydrogen) atoms. The summed E-state index contributed by atoms with van der Waals surface area (Å²) in [5, 5.41) is 5.47. The van der Waals surface area contributed by atoms with E-state index in [1.165, 1.54) is 10.4 Å². The highest BCUT2D eigenvalue weighted by molar-refractivity contribution is 7.10. The minimum Gasteiger partial charge on any atom is -0.379 e. The molecule has 4 nitrogen and oxygen atoms in total. The fourth-order valence-electron chi connectivity index (χ4n) is 2.94. The highest BCUT2D eigenvalue weighted by Gasteiger charge is 2.23. The van der Waals surface area contributed by atoms with Gasteiger partial charge in [-0.25, -0.2) is 0 Å². The van der Waals surface area contributed by atoms with E-state index in [-0.39, 0.29) is 5.78 Å². The quantitative estimate of drug-likeness (QED) is 0.784. The van der Waals surface area contributed by atoms with E-state index in [9.17, 15) is 4.79 Å². The Balaban J connectivity index is 1.57. The molecule has 1 aromatic carbocycles. The second kappa shape index (κ2) is 8.53. The normalized spacial score (nSPS) is 16.9. The minimum absolute atomic E-state index is 0.141. The second-order valence-corrected chi connectivity index (χ2v) is 7.08. The number of morpholine rings is 1. The molecule has 1 aromatic heterocycles. The first kappa shape index (κ1) is 17.3. The van der Waals surface area contributed by atoms with Crippen molar-refractivity contribution in [3.05, 3.63) is 57.8 Å². The Hall–Kier alpha value is -1.53. The lowest BCUT2D eigenvalue weighted by Crippen LogP contribution is -2.43. The van der Waals surface area contributed by atoms with Gasteiger partial charge in [0.15, 0.2) is 5.78 Å². The highest BCUT2D eigenvalue weighted by atomic mass is 32.1. The van der Waals surface area contributed by atoms with Gasteiger partial charge < -0.3 is 10.1 Å². The molecule has 0 saturated carbocycles. The lowest BCUT2D eigenvalue weighted by molar-refractivity contribution is 0.0169. The number of ether oxygens (including phenoxy) is 1. The summed E-state index contributed by atoms with van der Waals surface area (Å²) in [6.07, 6.45) is 0. The van der Waals surface area contributed by atoms with Crippen LogP contribution in [0.15, 0.2) is 41.8 Å². The van der Waals surface area contributed by atoms with Crippen LogP contribution in [-0.4, -0.2) is 50.1 Å². The molecule has 1 N–H and O–H groups in total. The first-order valence-corrected chi connectivity index (χ1v) is 9.28. The molecule has 1 aliphatic rings. The van der Waals surface area contributed by atoms with E-state index in [1.807, 2.05) is 31.2 Å². The molecule has 1 fully saturated rings. The van der Waals surface area contributed by atoms with Crippen LogP contribution < -0.4 is 5.32 Å². The molecular formula is C19H24N2O2S. The maximum atomic E-state index is 12.3. The predicted octanol–water partition coefficient (Wildman–Crippen LogP) is 2.90. The van der Waals surface area contributed by atoms with Gasteiger partial charge in [-0.15, -0.1) is 11.3 Å². The summed E-state index contributed by atoms with van der Waals surface area (Å²) in [5.74, 6) is 0.141. The van der Waals surface area contributed by atoms with Crippen molar-refractivity contribution in [1.29, 1.82) is 0 Å². The number of carbonyl (C=O) groups excluding carboxylic acids is 1. The third kappa shape index (κ3) is 4.51. The fourth-order valence-corrected chi connectivity index (χ4v) is 3.80. The monoisotopic (exact) mass is 344 g/mol. The van der Waals surface area contributed by atoms with Crippen molar-refractivity contribution < 1.29 is 9.53 Å². The highest BCUT2D eigenvalue weighted by Crippen LogP contribution is 2.25. The molecule has 0 aliphatic carbocycles. The Bertz CT molecular complexity index is 634. The van der Waals surface area contributed by atoms with Crippen LogP contribution >= 0.6 is 11.3 Å². The summed E-state index contributed by atoms with van der Waals surface area (Å²) in [6, 6.07) is 12.3. The number of hydrogen-bond acceptors (Lipinski definition) is 5. The van der Waals surface area contributed by atoms with E-state index in [4.69, 9.17) is 4.74 Å². The molecule has 5 heteroatoms. The number of Topliss-reactive ketones (excluding diaryl/α,β-unsaturated/α-hetero) is 1. The van der Waals surface area contributed by atoms with Crippen LogP contribution in [0.5, 0.6) is 0 Å². The number of carbonyl (C=O) groups is 1. The number of rotatable bonds is 7. The van der Waals surface area contributed by atoms with Crippen LogP contribution in [0.1, 0.15) is 26.8 Å². The Morgan fingerprint density at radius 1 is 1.25 bits per heavy atom. The lowest BCUT2D eigenvalue weighted by Gasteiger charge is -2.34. The van der Waals surface area contributed by atoms with Crippen molar-refractivity contribution >= 4 is 17.1 Å². The van der Waals surface area contributed by atoms with Gasteiger partial charge in [0.05, 0.1) is 25.8 Å². The SMILES string of the molecule is Cc1ccc(C(=O)CNCC(c2cccs2)N2CCOCC2)cc1. The van der Waals surface area contributed by atoms with Crippen LogP contribution in [-0.2, 0) is 4.74 Å². The topological polar surface area (TPSA) is 41.6 Å². The van der Waals surface area contributed by atoms with E-state index < -0.39 is 0 Å². The minimum atomic E-state index is 0.141. The zero-order valence-electron chi connectivity index (χ0n) is 14.0. The number of aryl methyl sites for hydroxylation is 1. The van der Waals surface area contributed by atoms with E-state index >= 15 is 0 Å². The molecule has 2 heterocycles. The van der Waals surface area contributed by atoms with E-state index in [1.54, 1.807) is 11.3 Å². The molecule has 0 spiro atoms. The largest absolute Gasteiger partial charge is 0.379 e. The molecule has 1 saturated heterocycles. The zero-order valence-corrected chi connectivity index (χ0v) is 14.8. The van der Waals surface area contributed by atoms with Gasteiger partial charge in [-0.1, -0.05) is 35.9 Å². The van der Waals surface area contributed by atoms with Gasteiger partial charge >= 0.3 is 0 Å². The first-order valence-electron chi connectivity index (χ1n) is 8.40. The van der Waals surface area contributed by atoms with E-state index in [2.05, 4.69) is 27.7 Å². The summed E-state index contributed by atoms with van der Waals surface area (Å²) < 4.78 is 5.46. The molecule has 2 aromatic rings. The van der Waals surface area contributed by atoms with Crippen LogP contribution in [0.3, 0.4) is 0 Å². The van der Waals surface area contributed by atoms with Crippen molar-refractivity contribution in [3.8, 4) is 0 Å². The number of thiophene rings is 1. The molecule has 1 atom stereocenters. The Morgan fingerprint density at radius 2 is 2.00 bits per heavy atom. The zero-order chi connectivity index (χ0) is 16.8. The van der Waals surface area contributed by atoms with Gasteiger partial charge in [0, 0.05) is 30.1 Å². The average molecular weight is 344 g/mol. The fraction of sp³-hybridized carbons (Fsp3) is 0.421. The van der Waals surface area contributed by atoms with Gasteiger partial charge in [0.25, 0.3) is 0 Å². The van der Waals surface area contributed by atoms with Crippen molar-refractivity contribution in [2.45, 2.75) is 13.0 Å². The standard InChI is InChI=1S/C19H24N2O2S/c1-15-4-6-16(7-5-15)18(22)14-20-13-17(19-3-2-12-24-19)21-8-10-23-11-9-21/h2-7,12,17,20H,8-11,13-14H2,1H3. The van der Waals surface area contributed by atoms with E-state index in [0.717, 1.165) is 38.4 Å². The van der Waals surface area contributed by atoms with Crippen molar-refractivity contribution in [1.82, 2.24) is 10.2 Å². The molecule has 1 unspecified atom stereocenters. The summed E-state index contributed by atoms with van der Waals surface area (Å²) >= 11 is 1.77. The summed E-state index contributed by atoms with van der Waals surface area (Å²) in [7, 11) is 0. The van der Waals surface area contributed by atoms with Gasteiger partial charge in [-0.05, 0) is 18.4 Å². The Kier molecular flexibility index (Phi) is 6.15. The maximum absolute atomic E-state index is 12.3. The summed E-state index contributed by atoms with van der Waals surface area (Å²) in [5.41, 5.74) is 1.94. The van der Waals surface area contributed by atoms with Crippen LogP contribution in [0.2, 0.25) is 0 Å². The van der Waals surface area contributed by atoms with Crippen LogP contribution in [0.4, 0.5) is 0 Å². The molecule has 128 valence electrons. The van der Waals surface area contributed by atoms with E-state index in [0.29, 0.717) is 12.6 Å². The molecule has 3 rings (SSSR count). The van der Waals surface area contributed by atoms with Crippen molar-refractivity contribution in [3.63, 3.8) is 0 Å². The molecular weight excluding hydrogens is 320 g/mol. The van der Waals surface area contributed by atoms with Crippen LogP contribution in [0, 0.1) is 6.92 Å². The number of nitrogens with one attached hydrogen (secondary N) is 1. The number of ketones is 1. The molecule has 0 radical (unpaired) electrons. The number of benzene rings is 1. The summed E-state index contributed by atoms with van der Waals surface area (Å²) in [6.45, 7) is 6.62. The molecule has 0 bridgehead atoms. The number of hydrogen-bond donors (Lipinski definition) is 1. The maximum Gasteiger partial charge on any atom is 0.176 e. The van der Waals surface area contributed by atoms with Gasteiger partial charge in [-0.3, -0.25) is 9.69 Å².